The molecule has 0 saturated carbocycles. The Labute approximate surface area is 177 Å². The zero-order chi connectivity index (χ0) is 20.2. The molecule has 5 rings (SSSR count). The molecule has 0 spiro atoms. The predicted molar refractivity (Wildman–Crippen MR) is 125 cm³/mol. The molecule has 0 radical (unpaired) electrons. The fourth-order valence-electron chi connectivity index (χ4n) is 3.16. The molecular weight excluding hydrogens is 390 g/mol. The first kappa shape index (κ1) is 18.1. The van der Waals surface area contributed by atoms with Crippen LogP contribution in [0.15, 0.2) is 112 Å². The van der Waals surface area contributed by atoms with Gasteiger partial charge in [0.25, 0.3) is 0 Å². The molecule has 6 heteroatoms. The van der Waals surface area contributed by atoms with Crippen molar-refractivity contribution in [1.29, 1.82) is 0 Å². The van der Waals surface area contributed by atoms with E-state index in [1.165, 1.54) is 11.3 Å². The number of aromatic nitrogens is 1. The molecule has 1 heterocycles. The molecule has 4 aromatic carbocycles. The molecule has 0 bridgehead atoms. The summed E-state index contributed by atoms with van der Waals surface area (Å²) in [5, 5.41) is 16.2. The van der Waals surface area contributed by atoms with E-state index >= 15 is 0 Å². The minimum atomic E-state index is 0.489. The number of para-hydroxylation sites is 1. The van der Waals surface area contributed by atoms with Crippen LogP contribution in [-0.2, 0) is 0 Å². The molecule has 0 fully saturated rings. The second kappa shape index (κ2) is 8.23. The molecule has 0 saturated heterocycles. The van der Waals surface area contributed by atoms with Crippen molar-refractivity contribution in [3.63, 3.8) is 0 Å². The van der Waals surface area contributed by atoms with E-state index in [9.17, 15) is 0 Å². The summed E-state index contributed by atoms with van der Waals surface area (Å²) in [7, 11) is 0. The lowest BCUT2D eigenvalue weighted by molar-refractivity contribution is 1.21. The largest absolute Gasteiger partial charge is 0.276 e. The summed E-state index contributed by atoms with van der Waals surface area (Å²) >= 11 is 1.50. The van der Waals surface area contributed by atoms with Gasteiger partial charge in [0.1, 0.15) is 0 Å². The van der Waals surface area contributed by atoms with Crippen LogP contribution in [0.3, 0.4) is 0 Å². The van der Waals surface area contributed by atoms with Crippen molar-refractivity contribution >= 4 is 49.0 Å². The number of thiazole rings is 1. The summed E-state index contributed by atoms with van der Waals surface area (Å²) < 4.78 is 1.08. The molecule has 5 nitrogen and oxygen atoms in total. The zero-order valence-corrected chi connectivity index (χ0v) is 16.8. The first-order valence-electron chi connectivity index (χ1n) is 9.51. The average Bonchev–Trinajstić information content (AvgIpc) is 3.23. The van der Waals surface area contributed by atoms with Crippen LogP contribution in [0.1, 0.15) is 5.56 Å². The Balaban J connectivity index is 1.50. The van der Waals surface area contributed by atoms with Gasteiger partial charge in [-0.3, -0.25) is 5.43 Å². The molecule has 0 amide bonds. The lowest BCUT2D eigenvalue weighted by Crippen LogP contribution is -2.01. The SMILES string of the molecule is c1ccc(C(N=Nc2nc3ccccc3s2)=NNc2cccc3ccccc23)cc1. The quantitative estimate of drug-likeness (QED) is 0.151. The van der Waals surface area contributed by atoms with Crippen molar-refractivity contribution < 1.29 is 0 Å². The monoisotopic (exact) mass is 407 g/mol. The van der Waals surface area contributed by atoms with E-state index in [2.05, 4.69) is 43.9 Å². The number of benzene rings is 4. The zero-order valence-electron chi connectivity index (χ0n) is 15.9. The van der Waals surface area contributed by atoms with Crippen molar-refractivity contribution in [3.05, 3.63) is 103 Å². The van der Waals surface area contributed by atoms with Crippen molar-refractivity contribution in [2.45, 2.75) is 0 Å². The van der Waals surface area contributed by atoms with E-state index in [1.54, 1.807) is 0 Å². The normalized spacial score (nSPS) is 12.1. The molecule has 0 aliphatic heterocycles. The van der Waals surface area contributed by atoms with Crippen LogP contribution in [0, 0.1) is 0 Å². The standard InChI is InChI=1S/C24H17N5S/c1-2-10-18(11-3-1)23(28-29-24-25-21-14-6-7-16-22(21)30-24)27-26-20-15-8-12-17-9-4-5-13-19(17)20/h1-16,26H. The van der Waals surface area contributed by atoms with E-state index in [-0.39, 0.29) is 0 Å². The Morgan fingerprint density at radius 3 is 2.43 bits per heavy atom. The molecule has 1 aromatic heterocycles. The first-order valence-corrected chi connectivity index (χ1v) is 10.3. The number of nitrogens with zero attached hydrogens (tertiary/aromatic N) is 4. The van der Waals surface area contributed by atoms with Crippen molar-refractivity contribution in [3.8, 4) is 0 Å². The van der Waals surface area contributed by atoms with E-state index in [4.69, 9.17) is 0 Å². The van der Waals surface area contributed by atoms with Crippen LogP contribution >= 0.6 is 11.3 Å². The van der Waals surface area contributed by atoms with E-state index in [0.29, 0.717) is 11.0 Å². The Morgan fingerprint density at radius 1 is 0.767 bits per heavy atom. The Kier molecular flexibility index (Phi) is 4.98. The van der Waals surface area contributed by atoms with Gasteiger partial charge in [0.05, 0.1) is 15.9 Å². The number of amidine groups is 1. The Hall–Kier alpha value is -3.90. The van der Waals surface area contributed by atoms with Crippen LogP contribution in [0.4, 0.5) is 10.8 Å². The van der Waals surface area contributed by atoms with Crippen LogP contribution < -0.4 is 5.43 Å². The molecule has 0 unspecified atom stereocenters. The minimum Gasteiger partial charge on any atom is -0.276 e. The fraction of sp³-hybridized carbons (Fsp3) is 0. The van der Waals surface area contributed by atoms with Gasteiger partial charge in [0.15, 0.2) is 0 Å². The lowest BCUT2D eigenvalue weighted by Gasteiger charge is -2.06. The number of nitrogens with one attached hydrogen (secondary N) is 1. The molecule has 0 atom stereocenters. The summed E-state index contributed by atoms with van der Waals surface area (Å²) in [6, 6.07) is 32.0. The minimum absolute atomic E-state index is 0.489. The highest BCUT2D eigenvalue weighted by molar-refractivity contribution is 7.21. The molecule has 30 heavy (non-hydrogen) atoms. The Morgan fingerprint density at radius 2 is 1.53 bits per heavy atom. The third-order valence-corrected chi connectivity index (χ3v) is 5.54. The van der Waals surface area contributed by atoms with E-state index < -0.39 is 0 Å². The van der Waals surface area contributed by atoms with Crippen LogP contribution in [0.25, 0.3) is 21.0 Å². The first-order chi connectivity index (χ1) is 14.9. The van der Waals surface area contributed by atoms with Gasteiger partial charge in [-0.1, -0.05) is 90.2 Å². The van der Waals surface area contributed by atoms with E-state index in [0.717, 1.165) is 32.2 Å². The predicted octanol–water partition coefficient (Wildman–Crippen LogP) is 7.01. The van der Waals surface area contributed by atoms with Gasteiger partial charge in [0.2, 0.25) is 11.0 Å². The van der Waals surface area contributed by atoms with Crippen LogP contribution in [0.2, 0.25) is 0 Å². The van der Waals surface area contributed by atoms with Crippen LogP contribution in [-0.4, -0.2) is 10.8 Å². The lowest BCUT2D eigenvalue weighted by atomic mass is 10.1. The summed E-state index contributed by atoms with van der Waals surface area (Å²) in [5.74, 6) is 0.489. The second-order valence-electron chi connectivity index (χ2n) is 6.60. The summed E-state index contributed by atoms with van der Waals surface area (Å²) in [6.45, 7) is 0. The molecule has 1 N–H and O–H groups in total. The summed E-state index contributed by atoms with van der Waals surface area (Å²) in [6.07, 6.45) is 0. The Bertz CT molecular complexity index is 1330. The highest BCUT2D eigenvalue weighted by Gasteiger charge is 2.06. The number of hydrogen-bond donors (Lipinski definition) is 1. The maximum Gasteiger partial charge on any atom is 0.231 e. The molecule has 0 aliphatic rings. The molecular formula is C24H17N5S. The van der Waals surface area contributed by atoms with Crippen LogP contribution in [0.5, 0.6) is 0 Å². The molecule has 0 aliphatic carbocycles. The number of fused-ring (bicyclic) bond motifs is 2. The number of hydrazone groups is 1. The van der Waals surface area contributed by atoms with Gasteiger partial charge in [-0.05, 0) is 23.6 Å². The van der Waals surface area contributed by atoms with Crippen molar-refractivity contribution in [2.24, 2.45) is 15.3 Å². The third kappa shape index (κ3) is 3.81. The maximum absolute atomic E-state index is 4.57. The van der Waals surface area contributed by atoms with Crippen molar-refractivity contribution in [1.82, 2.24) is 4.98 Å². The highest BCUT2D eigenvalue weighted by Crippen LogP contribution is 2.28. The topological polar surface area (TPSA) is 62.0 Å². The van der Waals surface area contributed by atoms with Gasteiger partial charge < -0.3 is 0 Å². The van der Waals surface area contributed by atoms with Gasteiger partial charge in [-0.25, -0.2) is 4.98 Å². The third-order valence-electron chi connectivity index (χ3n) is 4.62. The van der Waals surface area contributed by atoms with Gasteiger partial charge >= 0.3 is 0 Å². The smallest absolute Gasteiger partial charge is 0.231 e. The van der Waals surface area contributed by atoms with Crippen molar-refractivity contribution in [2.75, 3.05) is 5.43 Å². The van der Waals surface area contributed by atoms with Gasteiger partial charge in [0, 0.05) is 10.9 Å². The average molecular weight is 408 g/mol. The van der Waals surface area contributed by atoms with E-state index in [1.807, 2.05) is 78.9 Å². The van der Waals surface area contributed by atoms with Gasteiger partial charge in [-0.2, -0.15) is 5.10 Å². The number of hydrogen-bond acceptors (Lipinski definition) is 5. The molecule has 144 valence electrons. The highest BCUT2D eigenvalue weighted by atomic mass is 32.1. The summed E-state index contributed by atoms with van der Waals surface area (Å²) in [4.78, 5) is 4.52. The summed E-state index contributed by atoms with van der Waals surface area (Å²) in [5.41, 5.74) is 5.87. The second-order valence-corrected chi connectivity index (χ2v) is 7.61. The number of azo groups is 1. The fourth-order valence-corrected chi connectivity index (χ4v) is 3.95. The number of anilines is 1. The molecule has 5 aromatic rings. The van der Waals surface area contributed by atoms with Gasteiger partial charge in [-0.15, -0.1) is 10.2 Å². The maximum atomic E-state index is 4.57. The number of rotatable bonds is 4.